The summed E-state index contributed by atoms with van der Waals surface area (Å²) in [5.74, 6) is -1.77. The Labute approximate surface area is 151 Å². The number of methoxy groups -OCH3 is 1. The second kappa shape index (κ2) is 7.87. The molecule has 1 aromatic rings. The normalized spacial score (nSPS) is 15.0. The summed E-state index contributed by atoms with van der Waals surface area (Å²) in [6.07, 6.45) is 1.49. The highest BCUT2D eigenvalue weighted by molar-refractivity contribution is 6.00. The van der Waals surface area contributed by atoms with E-state index in [0.29, 0.717) is 6.04 Å². The molecule has 2 rings (SSSR count). The zero-order chi connectivity index (χ0) is 19.4. The molecule has 1 atom stereocenters. The summed E-state index contributed by atoms with van der Waals surface area (Å²) in [7, 11) is 1.11. The zero-order valence-corrected chi connectivity index (χ0v) is 15.2. The molecule has 0 radical (unpaired) electrons. The summed E-state index contributed by atoms with van der Waals surface area (Å²) in [5, 5.41) is 11.2. The van der Waals surface area contributed by atoms with Crippen LogP contribution in [0.3, 0.4) is 0 Å². The zero-order valence-electron chi connectivity index (χ0n) is 15.2. The lowest BCUT2D eigenvalue weighted by Gasteiger charge is -2.11. The number of nitrogens with zero attached hydrogens (tertiary/aromatic N) is 2. The van der Waals surface area contributed by atoms with Crippen LogP contribution in [0.2, 0.25) is 0 Å². The van der Waals surface area contributed by atoms with E-state index in [9.17, 15) is 19.6 Å². The van der Waals surface area contributed by atoms with Gasteiger partial charge < -0.3 is 14.0 Å². The van der Waals surface area contributed by atoms with Crippen LogP contribution in [0.1, 0.15) is 42.8 Å². The highest BCUT2D eigenvalue weighted by atomic mass is 16.6. The number of alkyl carbamates (subject to hydrolysis) is 1. The summed E-state index contributed by atoms with van der Waals surface area (Å²) in [4.78, 5) is 34.9. The fourth-order valence-corrected chi connectivity index (χ4v) is 2.67. The Morgan fingerprint density at radius 2 is 2.04 bits per heavy atom. The first-order valence-electron chi connectivity index (χ1n) is 8.18. The lowest BCUT2D eigenvalue weighted by molar-refractivity contribution is -0.150. The van der Waals surface area contributed by atoms with Crippen molar-refractivity contribution in [2.75, 3.05) is 7.11 Å². The summed E-state index contributed by atoms with van der Waals surface area (Å²) < 4.78 is 11.5. The van der Waals surface area contributed by atoms with Crippen molar-refractivity contribution >= 4 is 24.0 Å². The van der Waals surface area contributed by atoms with E-state index in [1.54, 1.807) is 6.07 Å². The Bertz CT molecular complexity index is 812. The van der Waals surface area contributed by atoms with Crippen LogP contribution in [-0.2, 0) is 19.1 Å². The number of esters is 1. The minimum Gasteiger partial charge on any atom is -0.453 e. The van der Waals surface area contributed by atoms with Crippen molar-refractivity contribution in [2.45, 2.75) is 45.8 Å². The first kappa shape index (κ1) is 19.2. The smallest absolute Gasteiger partial charge is 0.413 e. The molecule has 0 spiro atoms. The number of aromatic nitrogens is 1. The van der Waals surface area contributed by atoms with Crippen molar-refractivity contribution < 1.29 is 23.9 Å². The van der Waals surface area contributed by atoms with E-state index < -0.39 is 24.1 Å². The molecular weight excluding hydrogens is 338 g/mol. The van der Waals surface area contributed by atoms with E-state index in [4.69, 9.17) is 4.74 Å². The monoisotopic (exact) mass is 359 g/mol. The van der Waals surface area contributed by atoms with Gasteiger partial charge in [-0.25, -0.2) is 9.59 Å². The molecule has 0 saturated heterocycles. The van der Waals surface area contributed by atoms with Crippen LogP contribution in [0, 0.1) is 25.2 Å². The van der Waals surface area contributed by atoms with Crippen molar-refractivity contribution in [3.8, 4) is 6.07 Å². The van der Waals surface area contributed by atoms with Crippen molar-refractivity contribution in [3.63, 3.8) is 0 Å². The Hall–Kier alpha value is -3.08. The maximum Gasteiger partial charge on any atom is 0.413 e. The van der Waals surface area contributed by atoms with Crippen LogP contribution >= 0.6 is 0 Å². The molecule has 0 aliphatic heterocycles. The molecule has 2 amide bonds. The number of aryl methyl sites for hydroxylation is 1. The van der Waals surface area contributed by atoms with Gasteiger partial charge >= 0.3 is 12.1 Å². The average molecular weight is 359 g/mol. The van der Waals surface area contributed by atoms with Gasteiger partial charge in [0.2, 0.25) is 0 Å². The van der Waals surface area contributed by atoms with E-state index in [0.717, 1.165) is 36.9 Å². The molecule has 138 valence electrons. The number of carbonyl (C=O) groups is 3. The predicted octanol–water partition coefficient (Wildman–Crippen LogP) is 2.16. The summed E-state index contributed by atoms with van der Waals surface area (Å²) in [5.41, 5.74) is 2.57. The Morgan fingerprint density at radius 3 is 2.58 bits per heavy atom. The van der Waals surface area contributed by atoms with Gasteiger partial charge in [-0.05, 0) is 51.3 Å². The second-order valence-electron chi connectivity index (χ2n) is 6.13. The predicted molar refractivity (Wildman–Crippen MR) is 91.9 cm³/mol. The molecule has 1 aliphatic rings. The Morgan fingerprint density at radius 1 is 1.38 bits per heavy atom. The standard InChI is InChI=1S/C18H21N3O5/c1-10-7-13(11(2)21(10)15-5-6-15)8-14(9-19)17(23)26-12(3)16(22)20-18(24)25-4/h7-8,12,15H,5-6H2,1-4H3,(H,20,22,24)/b14-8+/t12-/m0/s1. The van der Waals surface area contributed by atoms with Gasteiger partial charge in [0.25, 0.3) is 5.91 Å². The number of ether oxygens (including phenoxy) is 2. The van der Waals surface area contributed by atoms with E-state index >= 15 is 0 Å². The molecule has 26 heavy (non-hydrogen) atoms. The Balaban J connectivity index is 2.13. The molecule has 1 saturated carbocycles. The maximum atomic E-state index is 12.2. The minimum absolute atomic E-state index is 0.223. The molecular formula is C18H21N3O5. The van der Waals surface area contributed by atoms with Gasteiger partial charge in [0.05, 0.1) is 7.11 Å². The van der Waals surface area contributed by atoms with Crippen LogP contribution < -0.4 is 5.32 Å². The van der Waals surface area contributed by atoms with Gasteiger partial charge in [-0.2, -0.15) is 5.26 Å². The van der Waals surface area contributed by atoms with Gasteiger partial charge in [0, 0.05) is 17.4 Å². The molecule has 1 aromatic heterocycles. The largest absolute Gasteiger partial charge is 0.453 e. The molecule has 1 aliphatic carbocycles. The number of amides is 2. The maximum absolute atomic E-state index is 12.2. The average Bonchev–Trinajstić information content (AvgIpc) is 3.38. The molecule has 1 heterocycles. The topological polar surface area (TPSA) is 110 Å². The van der Waals surface area contributed by atoms with Crippen LogP contribution in [0.5, 0.6) is 0 Å². The fourth-order valence-electron chi connectivity index (χ4n) is 2.67. The van der Waals surface area contributed by atoms with Gasteiger partial charge in [0.15, 0.2) is 6.10 Å². The van der Waals surface area contributed by atoms with Crippen molar-refractivity contribution in [3.05, 3.63) is 28.6 Å². The number of hydrogen-bond donors (Lipinski definition) is 1. The SMILES string of the molecule is COC(=O)NC(=O)[C@H](C)OC(=O)/C(C#N)=C/c1cc(C)n(C2CC2)c1C. The highest BCUT2D eigenvalue weighted by Gasteiger charge is 2.27. The van der Waals surface area contributed by atoms with Crippen LogP contribution in [0.25, 0.3) is 6.08 Å². The van der Waals surface area contributed by atoms with E-state index in [1.165, 1.54) is 13.0 Å². The van der Waals surface area contributed by atoms with Crippen molar-refractivity contribution in [1.82, 2.24) is 9.88 Å². The van der Waals surface area contributed by atoms with Crippen LogP contribution in [0.15, 0.2) is 11.6 Å². The van der Waals surface area contributed by atoms with E-state index in [-0.39, 0.29) is 5.57 Å². The van der Waals surface area contributed by atoms with Gasteiger partial charge in [-0.3, -0.25) is 10.1 Å². The fraction of sp³-hybridized carbons (Fsp3) is 0.444. The van der Waals surface area contributed by atoms with Gasteiger partial charge in [-0.15, -0.1) is 0 Å². The third-order valence-electron chi connectivity index (χ3n) is 4.14. The number of hydrogen-bond acceptors (Lipinski definition) is 6. The van der Waals surface area contributed by atoms with Gasteiger partial charge in [0.1, 0.15) is 11.6 Å². The number of carbonyl (C=O) groups excluding carboxylic acids is 3. The lowest BCUT2D eigenvalue weighted by Crippen LogP contribution is -2.39. The van der Waals surface area contributed by atoms with Crippen LogP contribution in [0.4, 0.5) is 4.79 Å². The van der Waals surface area contributed by atoms with Gasteiger partial charge in [-0.1, -0.05) is 0 Å². The third kappa shape index (κ3) is 4.30. The number of nitriles is 1. The minimum atomic E-state index is -1.25. The lowest BCUT2D eigenvalue weighted by atomic mass is 10.1. The number of imide groups is 1. The number of nitrogens with one attached hydrogen (secondary N) is 1. The van der Waals surface area contributed by atoms with E-state index in [1.807, 2.05) is 25.2 Å². The number of rotatable bonds is 5. The molecule has 1 fully saturated rings. The Kier molecular flexibility index (Phi) is 5.82. The first-order chi connectivity index (χ1) is 12.3. The summed E-state index contributed by atoms with van der Waals surface area (Å²) >= 11 is 0. The first-order valence-corrected chi connectivity index (χ1v) is 8.18. The summed E-state index contributed by atoms with van der Waals surface area (Å²) in [6.45, 7) is 5.21. The quantitative estimate of drug-likeness (QED) is 0.490. The summed E-state index contributed by atoms with van der Waals surface area (Å²) in [6, 6.07) is 4.19. The van der Waals surface area contributed by atoms with Crippen molar-refractivity contribution in [1.29, 1.82) is 5.26 Å². The third-order valence-corrected chi connectivity index (χ3v) is 4.14. The van der Waals surface area contributed by atoms with E-state index in [2.05, 4.69) is 9.30 Å². The van der Waals surface area contributed by atoms with Crippen molar-refractivity contribution in [2.24, 2.45) is 0 Å². The molecule has 0 aromatic carbocycles. The van der Waals surface area contributed by atoms with Crippen LogP contribution in [-0.4, -0.2) is 35.8 Å². The molecule has 0 bridgehead atoms. The molecule has 1 N–H and O–H groups in total. The highest BCUT2D eigenvalue weighted by Crippen LogP contribution is 2.38. The second-order valence-corrected chi connectivity index (χ2v) is 6.13. The molecule has 8 heteroatoms. The molecule has 0 unspecified atom stereocenters. The molecule has 8 nitrogen and oxygen atoms in total.